The Morgan fingerprint density at radius 2 is 2.38 bits per heavy atom. The fraction of sp³-hybridized carbons (Fsp3) is 0.917. The van der Waals surface area contributed by atoms with Crippen LogP contribution in [0.1, 0.15) is 39.5 Å². The number of carbonyl (C=O) groups is 1. The van der Waals surface area contributed by atoms with E-state index >= 15 is 0 Å². The molecule has 16 heavy (non-hydrogen) atoms. The zero-order valence-electron chi connectivity index (χ0n) is 10.2. The van der Waals surface area contributed by atoms with E-state index in [1.807, 2.05) is 16.7 Å². The van der Waals surface area contributed by atoms with E-state index in [0.717, 1.165) is 31.7 Å². The average molecular weight is 243 g/mol. The molecule has 92 valence electrons. The minimum absolute atomic E-state index is 0.120. The number of hydrogen-bond acceptors (Lipinski definition) is 3. The topological polar surface area (TPSA) is 29.5 Å². The molecule has 1 unspecified atom stereocenters. The van der Waals surface area contributed by atoms with Gasteiger partial charge in [0.05, 0.1) is 23.9 Å². The average Bonchev–Trinajstić information content (AvgIpc) is 2.27. The molecule has 0 radical (unpaired) electrons. The summed E-state index contributed by atoms with van der Waals surface area (Å²) in [7, 11) is 0. The Bertz CT molecular complexity index is 272. The highest BCUT2D eigenvalue weighted by Crippen LogP contribution is 2.39. The van der Waals surface area contributed by atoms with E-state index in [9.17, 15) is 4.79 Å². The number of β-lactam (4-membered cyclic amide) rings is 1. The molecule has 0 aromatic carbocycles. The van der Waals surface area contributed by atoms with Crippen molar-refractivity contribution in [1.82, 2.24) is 4.90 Å². The van der Waals surface area contributed by atoms with E-state index in [4.69, 9.17) is 4.74 Å². The molecule has 2 aliphatic rings. The lowest BCUT2D eigenvalue weighted by atomic mass is 10.0. The summed E-state index contributed by atoms with van der Waals surface area (Å²) < 4.78 is 5.96. The molecular weight excluding hydrogens is 222 g/mol. The third-order valence-electron chi connectivity index (χ3n) is 3.30. The van der Waals surface area contributed by atoms with Gasteiger partial charge in [0.2, 0.25) is 5.91 Å². The monoisotopic (exact) mass is 243 g/mol. The van der Waals surface area contributed by atoms with Crippen LogP contribution in [0, 0.1) is 0 Å². The zero-order valence-corrected chi connectivity index (χ0v) is 11.0. The first-order valence-corrected chi connectivity index (χ1v) is 7.24. The minimum Gasteiger partial charge on any atom is -0.373 e. The number of unbranched alkanes of at least 4 members (excludes halogenated alkanes) is 2. The van der Waals surface area contributed by atoms with Crippen molar-refractivity contribution in [3.63, 3.8) is 0 Å². The fourth-order valence-electron chi connectivity index (χ4n) is 2.20. The number of ether oxygens (including phenoxy) is 1. The van der Waals surface area contributed by atoms with Gasteiger partial charge in [-0.15, -0.1) is 11.8 Å². The van der Waals surface area contributed by atoms with Crippen LogP contribution in [0.2, 0.25) is 0 Å². The van der Waals surface area contributed by atoms with E-state index in [1.165, 1.54) is 12.8 Å². The number of nitrogens with zero attached hydrogens (tertiary/aromatic N) is 1. The lowest BCUT2D eigenvalue weighted by Crippen LogP contribution is -2.61. The molecule has 0 N–H and O–H groups in total. The molecule has 2 atom stereocenters. The molecule has 0 aliphatic carbocycles. The van der Waals surface area contributed by atoms with E-state index in [-0.39, 0.29) is 5.60 Å². The summed E-state index contributed by atoms with van der Waals surface area (Å²) in [6.45, 7) is 5.95. The maximum absolute atomic E-state index is 11.4. The number of rotatable bonds is 5. The summed E-state index contributed by atoms with van der Waals surface area (Å²) in [5, 5.41) is 0.444. The number of hydrogen-bond donors (Lipinski definition) is 0. The second kappa shape index (κ2) is 4.96. The van der Waals surface area contributed by atoms with Gasteiger partial charge in [-0.05, 0) is 13.3 Å². The van der Waals surface area contributed by atoms with Crippen LogP contribution in [-0.4, -0.2) is 40.7 Å². The zero-order chi connectivity index (χ0) is 11.6. The lowest BCUT2D eigenvalue weighted by molar-refractivity contribution is -0.149. The minimum atomic E-state index is -0.120. The smallest absolute Gasteiger partial charge is 0.226 e. The second-order valence-electron chi connectivity index (χ2n) is 5.00. The summed E-state index contributed by atoms with van der Waals surface area (Å²) in [5.41, 5.74) is -0.120. The van der Waals surface area contributed by atoms with Crippen LogP contribution in [0.25, 0.3) is 0 Å². The first-order chi connectivity index (χ1) is 7.64. The van der Waals surface area contributed by atoms with Gasteiger partial charge in [-0.1, -0.05) is 19.8 Å². The maximum Gasteiger partial charge on any atom is 0.226 e. The van der Waals surface area contributed by atoms with Crippen LogP contribution in [-0.2, 0) is 9.53 Å². The largest absolute Gasteiger partial charge is 0.373 e. The molecular formula is C12H21NO2S. The first kappa shape index (κ1) is 12.2. The van der Waals surface area contributed by atoms with Crippen LogP contribution in [0.4, 0.5) is 0 Å². The molecule has 2 saturated heterocycles. The summed E-state index contributed by atoms with van der Waals surface area (Å²) >= 11 is 1.87. The summed E-state index contributed by atoms with van der Waals surface area (Å²) in [6, 6.07) is 0. The highest BCUT2D eigenvalue weighted by molar-refractivity contribution is 8.00. The third-order valence-corrected chi connectivity index (χ3v) is 4.88. The van der Waals surface area contributed by atoms with E-state index < -0.39 is 0 Å². The maximum atomic E-state index is 11.4. The van der Waals surface area contributed by atoms with Crippen LogP contribution >= 0.6 is 11.8 Å². The van der Waals surface area contributed by atoms with Gasteiger partial charge in [0.1, 0.15) is 0 Å². The number of fused-ring (bicyclic) bond motifs is 1. The molecule has 2 aliphatic heterocycles. The second-order valence-corrected chi connectivity index (χ2v) is 6.16. The highest BCUT2D eigenvalue weighted by atomic mass is 32.2. The Labute approximate surface area is 102 Å². The molecule has 3 nitrogen and oxygen atoms in total. The fourth-order valence-corrected chi connectivity index (χ4v) is 3.55. The van der Waals surface area contributed by atoms with Gasteiger partial charge in [0, 0.05) is 12.4 Å². The van der Waals surface area contributed by atoms with Gasteiger partial charge in [0.25, 0.3) is 0 Å². The van der Waals surface area contributed by atoms with Crippen molar-refractivity contribution >= 4 is 17.7 Å². The van der Waals surface area contributed by atoms with Gasteiger partial charge >= 0.3 is 0 Å². The molecule has 2 rings (SSSR count). The van der Waals surface area contributed by atoms with Crippen molar-refractivity contribution in [3.8, 4) is 0 Å². The van der Waals surface area contributed by atoms with Gasteiger partial charge in [-0.3, -0.25) is 4.79 Å². The van der Waals surface area contributed by atoms with Crippen molar-refractivity contribution < 1.29 is 9.53 Å². The SMILES string of the molecule is CCCCCOC1(C)CS[C@H]2CC(=O)N2C1. The van der Waals surface area contributed by atoms with Crippen LogP contribution < -0.4 is 0 Å². The Morgan fingerprint density at radius 1 is 1.56 bits per heavy atom. The predicted octanol–water partition coefficient (Wildman–Crippen LogP) is 2.26. The molecule has 0 bridgehead atoms. The van der Waals surface area contributed by atoms with E-state index in [2.05, 4.69) is 13.8 Å². The Balaban J connectivity index is 1.76. The normalized spacial score (nSPS) is 33.5. The van der Waals surface area contributed by atoms with Gasteiger partial charge in [-0.25, -0.2) is 0 Å². The molecule has 4 heteroatoms. The Kier molecular flexibility index (Phi) is 3.80. The van der Waals surface area contributed by atoms with Gasteiger partial charge in [0.15, 0.2) is 0 Å². The molecule has 0 saturated carbocycles. The van der Waals surface area contributed by atoms with Crippen molar-refractivity contribution in [2.24, 2.45) is 0 Å². The first-order valence-electron chi connectivity index (χ1n) is 6.20. The van der Waals surface area contributed by atoms with Crippen molar-refractivity contribution in [3.05, 3.63) is 0 Å². The number of carbonyl (C=O) groups excluding carboxylic acids is 1. The quantitative estimate of drug-likeness (QED) is 0.548. The molecule has 0 aromatic rings. The number of thioether (sulfide) groups is 1. The summed E-state index contributed by atoms with van der Waals surface area (Å²) in [5.74, 6) is 1.31. The van der Waals surface area contributed by atoms with E-state index in [1.54, 1.807) is 0 Å². The van der Waals surface area contributed by atoms with Gasteiger partial charge < -0.3 is 9.64 Å². The summed E-state index contributed by atoms with van der Waals surface area (Å²) in [6.07, 6.45) is 4.32. The summed E-state index contributed by atoms with van der Waals surface area (Å²) in [4.78, 5) is 13.4. The predicted molar refractivity (Wildman–Crippen MR) is 66.5 cm³/mol. The van der Waals surface area contributed by atoms with Crippen LogP contribution in [0.5, 0.6) is 0 Å². The lowest BCUT2D eigenvalue weighted by Gasteiger charge is -2.50. The highest BCUT2D eigenvalue weighted by Gasteiger charge is 2.46. The van der Waals surface area contributed by atoms with Gasteiger partial charge in [-0.2, -0.15) is 0 Å². The number of amides is 1. The molecule has 0 aromatic heterocycles. The van der Waals surface area contributed by atoms with Crippen molar-refractivity contribution in [2.75, 3.05) is 18.9 Å². The molecule has 0 spiro atoms. The van der Waals surface area contributed by atoms with Crippen molar-refractivity contribution in [2.45, 2.75) is 50.5 Å². The molecule has 1 amide bonds. The van der Waals surface area contributed by atoms with E-state index in [0.29, 0.717) is 11.3 Å². The molecule has 2 fully saturated rings. The Hall–Kier alpha value is -0.220. The van der Waals surface area contributed by atoms with Crippen molar-refractivity contribution in [1.29, 1.82) is 0 Å². The van der Waals surface area contributed by atoms with Crippen LogP contribution in [0.3, 0.4) is 0 Å². The standard InChI is InChI=1S/C12H21NO2S/c1-3-4-5-6-15-12(2)8-13-10(14)7-11(13)16-9-12/h11H,3-9H2,1-2H3/t11-,12?/m0/s1. The van der Waals surface area contributed by atoms with Crippen LogP contribution in [0.15, 0.2) is 0 Å². The molecule has 2 heterocycles. The Morgan fingerprint density at radius 3 is 3.06 bits per heavy atom. The third kappa shape index (κ3) is 2.54.